The van der Waals surface area contributed by atoms with Crippen LogP contribution in [0.4, 0.5) is 10.1 Å². The molecule has 1 atom stereocenters. The number of likely N-dealkylation sites (N-methyl/N-ethyl adjacent to an activating group) is 1. The number of halogens is 1. The zero-order valence-corrected chi connectivity index (χ0v) is 9.87. The van der Waals surface area contributed by atoms with E-state index in [1.807, 2.05) is 11.9 Å². The lowest BCUT2D eigenvalue weighted by molar-refractivity contribution is -0.121. The van der Waals surface area contributed by atoms with Crippen molar-refractivity contribution in [2.24, 2.45) is 0 Å². The maximum Gasteiger partial charge on any atom is 0.221 e. The summed E-state index contributed by atoms with van der Waals surface area (Å²) in [4.78, 5) is 13.3. The normalized spacial score (nSPS) is 18.3. The number of benzene rings is 1. The maximum absolute atomic E-state index is 13.0. The molecule has 1 amide bonds. The Hall–Kier alpha value is -1.78. The highest BCUT2D eigenvalue weighted by Gasteiger charge is 2.26. The summed E-state index contributed by atoms with van der Waals surface area (Å²) in [7, 11) is 3.49. The Bertz CT molecular complexity index is 437. The smallest absolute Gasteiger partial charge is 0.221 e. The number of anilines is 1. The summed E-state index contributed by atoms with van der Waals surface area (Å²) in [5.41, 5.74) is 0.812. The van der Waals surface area contributed by atoms with Gasteiger partial charge in [-0.05, 0) is 12.1 Å². The fourth-order valence-electron chi connectivity index (χ4n) is 1.90. The van der Waals surface area contributed by atoms with Gasteiger partial charge in [-0.3, -0.25) is 4.79 Å². The van der Waals surface area contributed by atoms with Gasteiger partial charge in [0, 0.05) is 20.2 Å². The molecule has 0 radical (unpaired) electrons. The van der Waals surface area contributed by atoms with E-state index in [2.05, 4.69) is 5.32 Å². The minimum absolute atomic E-state index is 0.0205. The monoisotopic (exact) mass is 238 g/mol. The van der Waals surface area contributed by atoms with Gasteiger partial charge in [0.1, 0.15) is 18.2 Å². The Morgan fingerprint density at radius 2 is 2.41 bits per heavy atom. The summed E-state index contributed by atoms with van der Waals surface area (Å²) < 4.78 is 18.5. The first-order valence-electron chi connectivity index (χ1n) is 5.47. The minimum atomic E-state index is -0.318. The molecular weight excluding hydrogens is 223 g/mol. The molecule has 0 aromatic heterocycles. The van der Waals surface area contributed by atoms with E-state index in [1.165, 1.54) is 12.1 Å². The second-order valence-corrected chi connectivity index (χ2v) is 4.07. The van der Waals surface area contributed by atoms with Crippen molar-refractivity contribution in [1.82, 2.24) is 5.32 Å². The molecule has 0 fully saturated rings. The SMILES string of the molecule is CNC(=O)CC1COc2cc(F)ccc2N1C. The number of carbonyl (C=O) groups excluding carboxylic acids is 1. The average molecular weight is 238 g/mol. The van der Waals surface area contributed by atoms with E-state index in [-0.39, 0.29) is 17.8 Å². The predicted molar refractivity (Wildman–Crippen MR) is 62.8 cm³/mol. The Morgan fingerprint density at radius 1 is 1.65 bits per heavy atom. The van der Waals surface area contributed by atoms with Gasteiger partial charge in [0.25, 0.3) is 0 Å². The zero-order valence-electron chi connectivity index (χ0n) is 9.87. The van der Waals surface area contributed by atoms with Crippen LogP contribution in [-0.2, 0) is 4.79 Å². The molecule has 0 aliphatic carbocycles. The largest absolute Gasteiger partial charge is 0.489 e. The molecule has 5 heteroatoms. The van der Waals surface area contributed by atoms with Crippen molar-refractivity contribution in [1.29, 1.82) is 0 Å². The third kappa shape index (κ3) is 2.33. The second kappa shape index (κ2) is 4.61. The summed E-state index contributed by atoms with van der Waals surface area (Å²) in [6.45, 7) is 0.389. The first-order chi connectivity index (χ1) is 8.11. The molecule has 1 aromatic carbocycles. The van der Waals surface area contributed by atoms with Gasteiger partial charge in [-0.25, -0.2) is 4.39 Å². The molecular formula is C12H15FN2O2. The third-order valence-corrected chi connectivity index (χ3v) is 2.98. The van der Waals surface area contributed by atoms with Crippen LogP contribution in [-0.4, -0.2) is 32.7 Å². The fraction of sp³-hybridized carbons (Fsp3) is 0.417. The highest BCUT2D eigenvalue weighted by Crippen LogP contribution is 2.33. The number of hydrogen-bond acceptors (Lipinski definition) is 3. The molecule has 0 bridgehead atoms. The second-order valence-electron chi connectivity index (χ2n) is 4.07. The Balaban J connectivity index is 2.18. The topological polar surface area (TPSA) is 41.6 Å². The predicted octanol–water partition coefficient (Wildman–Crippen LogP) is 1.16. The van der Waals surface area contributed by atoms with Gasteiger partial charge >= 0.3 is 0 Å². The van der Waals surface area contributed by atoms with Crippen LogP contribution in [0.1, 0.15) is 6.42 Å². The minimum Gasteiger partial charge on any atom is -0.489 e. The lowest BCUT2D eigenvalue weighted by atomic mass is 10.1. The van der Waals surface area contributed by atoms with Crippen molar-refractivity contribution in [2.45, 2.75) is 12.5 Å². The number of carbonyl (C=O) groups is 1. The first kappa shape index (κ1) is 11.7. The molecule has 0 saturated heterocycles. The highest BCUT2D eigenvalue weighted by molar-refractivity contribution is 5.77. The van der Waals surface area contributed by atoms with Gasteiger partial charge in [-0.2, -0.15) is 0 Å². The Morgan fingerprint density at radius 3 is 3.12 bits per heavy atom. The van der Waals surface area contributed by atoms with Crippen LogP contribution in [0, 0.1) is 5.82 Å². The lowest BCUT2D eigenvalue weighted by Crippen LogP contribution is -2.43. The van der Waals surface area contributed by atoms with Gasteiger partial charge in [0.05, 0.1) is 18.2 Å². The van der Waals surface area contributed by atoms with Crippen molar-refractivity contribution in [2.75, 3.05) is 25.6 Å². The number of ether oxygens (including phenoxy) is 1. The van der Waals surface area contributed by atoms with Gasteiger partial charge in [0.15, 0.2) is 0 Å². The molecule has 0 spiro atoms. The average Bonchev–Trinajstić information content (AvgIpc) is 2.32. The number of amides is 1. The summed E-state index contributed by atoms with van der Waals surface area (Å²) >= 11 is 0. The summed E-state index contributed by atoms with van der Waals surface area (Å²) in [6, 6.07) is 4.40. The van der Waals surface area contributed by atoms with E-state index >= 15 is 0 Å². The van der Waals surface area contributed by atoms with Crippen LogP contribution < -0.4 is 15.0 Å². The third-order valence-electron chi connectivity index (χ3n) is 2.98. The van der Waals surface area contributed by atoms with Gasteiger partial charge in [-0.15, -0.1) is 0 Å². The van der Waals surface area contributed by atoms with E-state index in [0.29, 0.717) is 18.8 Å². The van der Waals surface area contributed by atoms with E-state index in [1.54, 1.807) is 13.1 Å². The number of fused-ring (bicyclic) bond motifs is 1. The summed E-state index contributed by atoms with van der Waals surface area (Å²) in [6.07, 6.45) is 0.365. The Labute approximate surface area is 99.4 Å². The van der Waals surface area contributed by atoms with Crippen molar-refractivity contribution in [3.63, 3.8) is 0 Å². The standard InChI is InChI=1S/C12H15FN2O2/c1-14-12(16)6-9-7-17-11-5-8(13)3-4-10(11)15(9)2/h3-5,9H,6-7H2,1-2H3,(H,14,16). The van der Waals surface area contributed by atoms with Crippen LogP contribution in [0.3, 0.4) is 0 Å². The van der Waals surface area contributed by atoms with E-state index < -0.39 is 0 Å². The van der Waals surface area contributed by atoms with Crippen LogP contribution in [0.15, 0.2) is 18.2 Å². The number of hydrogen-bond donors (Lipinski definition) is 1. The fourth-order valence-corrected chi connectivity index (χ4v) is 1.90. The van der Waals surface area contributed by atoms with E-state index in [9.17, 15) is 9.18 Å². The van der Waals surface area contributed by atoms with Crippen LogP contribution >= 0.6 is 0 Å². The molecule has 1 unspecified atom stereocenters. The quantitative estimate of drug-likeness (QED) is 0.840. The zero-order chi connectivity index (χ0) is 12.4. The van der Waals surface area contributed by atoms with Crippen molar-refractivity contribution in [3.8, 4) is 5.75 Å². The van der Waals surface area contributed by atoms with E-state index in [0.717, 1.165) is 5.69 Å². The summed E-state index contributed by atoms with van der Waals surface area (Å²) in [5.74, 6) is 0.179. The molecule has 4 nitrogen and oxygen atoms in total. The maximum atomic E-state index is 13.0. The van der Waals surface area contributed by atoms with E-state index in [4.69, 9.17) is 4.74 Å². The number of nitrogens with one attached hydrogen (secondary N) is 1. The van der Waals surface area contributed by atoms with Crippen LogP contribution in [0.5, 0.6) is 5.75 Å². The molecule has 1 aliphatic rings. The van der Waals surface area contributed by atoms with Crippen LogP contribution in [0.25, 0.3) is 0 Å². The van der Waals surface area contributed by atoms with Gasteiger partial charge in [0.2, 0.25) is 5.91 Å². The van der Waals surface area contributed by atoms with Crippen LogP contribution in [0.2, 0.25) is 0 Å². The molecule has 1 aromatic rings. The van der Waals surface area contributed by atoms with Gasteiger partial charge < -0.3 is 15.0 Å². The van der Waals surface area contributed by atoms with Gasteiger partial charge in [-0.1, -0.05) is 0 Å². The summed E-state index contributed by atoms with van der Waals surface area (Å²) in [5, 5.41) is 2.58. The molecule has 0 saturated carbocycles. The number of nitrogens with zero attached hydrogens (tertiary/aromatic N) is 1. The highest BCUT2D eigenvalue weighted by atomic mass is 19.1. The Kier molecular flexibility index (Phi) is 3.17. The van der Waals surface area contributed by atoms with Crippen molar-refractivity contribution >= 4 is 11.6 Å². The molecule has 2 rings (SSSR count). The molecule has 92 valence electrons. The molecule has 17 heavy (non-hydrogen) atoms. The number of rotatable bonds is 2. The van der Waals surface area contributed by atoms with Crippen molar-refractivity contribution in [3.05, 3.63) is 24.0 Å². The molecule has 1 aliphatic heterocycles. The lowest BCUT2D eigenvalue weighted by Gasteiger charge is -2.35. The molecule has 1 heterocycles. The first-order valence-corrected chi connectivity index (χ1v) is 5.47. The molecule has 1 N–H and O–H groups in total. The van der Waals surface area contributed by atoms with Crippen molar-refractivity contribution < 1.29 is 13.9 Å².